The van der Waals surface area contributed by atoms with Crippen LogP contribution in [0.15, 0.2) is 53.0 Å². The molecule has 0 saturated heterocycles. The monoisotopic (exact) mass is 423 g/mol. The van der Waals surface area contributed by atoms with Crippen LogP contribution < -0.4 is 0 Å². The standard InChI is InChI=1S/C21H17N11/c1-12-8-5-6-9-15(12)18-25-19-17(14(3)29-32(19)30-18)26-27-20-16(22-4)13(2)28-31(20)21-23-10-7-11-24-21/h5-11H,1-3H3,(H,25,30)/b27-26+. The number of rotatable bonds is 4. The molecule has 0 spiro atoms. The van der Waals surface area contributed by atoms with Gasteiger partial charge >= 0.3 is 0 Å². The Hall–Kier alpha value is -4.72. The third-order valence-corrected chi connectivity index (χ3v) is 4.95. The first-order chi connectivity index (χ1) is 15.6. The highest BCUT2D eigenvalue weighted by Crippen LogP contribution is 2.35. The highest BCUT2D eigenvalue weighted by Gasteiger charge is 2.20. The fraction of sp³-hybridized carbons (Fsp3) is 0.143. The highest BCUT2D eigenvalue weighted by molar-refractivity contribution is 5.71. The lowest BCUT2D eigenvalue weighted by Gasteiger charge is -2.01. The number of H-pyrrole nitrogens is 1. The Bertz CT molecular complexity index is 1510. The van der Waals surface area contributed by atoms with E-state index in [4.69, 9.17) is 6.57 Å². The summed E-state index contributed by atoms with van der Waals surface area (Å²) < 4.78 is 2.91. The van der Waals surface area contributed by atoms with Crippen molar-refractivity contribution in [3.05, 3.63) is 71.1 Å². The Labute approximate surface area is 182 Å². The molecule has 4 heterocycles. The van der Waals surface area contributed by atoms with Crippen LogP contribution in [0.5, 0.6) is 0 Å². The summed E-state index contributed by atoms with van der Waals surface area (Å²) in [6.45, 7) is 13.1. The maximum atomic E-state index is 7.54. The maximum absolute atomic E-state index is 7.54. The summed E-state index contributed by atoms with van der Waals surface area (Å²) in [6.07, 6.45) is 3.20. The molecule has 11 heteroatoms. The van der Waals surface area contributed by atoms with E-state index in [0.717, 1.165) is 11.1 Å². The summed E-state index contributed by atoms with van der Waals surface area (Å²) in [5, 5.41) is 22.1. The van der Waals surface area contributed by atoms with E-state index >= 15 is 0 Å². The molecule has 0 fully saturated rings. The van der Waals surface area contributed by atoms with E-state index in [1.165, 1.54) is 9.31 Å². The first kappa shape index (κ1) is 19.3. The molecular weight excluding hydrogens is 406 g/mol. The van der Waals surface area contributed by atoms with Crippen molar-refractivity contribution in [2.45, 2.75) is 20.8 Å². The number of hydrogen-bond donors (Lipinski definition) is 1. The molecule has 32 heavy (non-hydrogen) atoms. The van der Waals surface area contributed by atoms with Crippen molar-refractivity contribution >= 4 is 22.8 Å². The molecule has 0 saturated carbocycles. The Morgan fingerprint density at radius 2 is 1.72 bits per heavy atom. The van der Waals surface area contributed by atoms with E-state index < -0.39 is 0 Å². The Balaban J connectivity index is 1.61. The lowest BCUT2D eigenvalue weighted by molar-refractivity contribution is 0.793. The molecular formula is C21H17N11. The second kappa shape index (κ2) is 7.51. The fourth-order valence-corrected chi connectivity index (χ4v) is 3.36. The lowest BCUT2D eigenvalue weighted by atomic mass is 10.1. The van der Waals surface area contributed by atoms with Crippen LogP contribution in [0.4, 0.5) is 17.2 Å². The van der Waals surface area contributed by atoms with Gasteiger partial charge in [-0.05, 0) is 32.4 Å². The molecule has 0 aliphatic heterocycles. The Morgan fingerprint density at radius 3 is 2.47 bits per heavy atom. The molecule has 0 aliphatic carbocycles. The molecule has 0 radical (unpaired) electrons. The van der Waals surface area contributed by atoms with Crippen LogP contribution in [0, 0.1) is 27.3 Å². The number of fused-ring (bicyclic) bond motifs is 1. The molecule has 11 nitrogen and oxygen atoms in total. The zero-order chi connectivity index (χ0) is 22.2. The Morgan fingerprint density at radius 1 is 0.938 bits per heavy atom. The van der Waals surface area contributed by atoms with Gasteiger partial charge in [-0.1, -0.05) is 24.3 Å². The van der Waals surface area contributed by atoms with Crippen molar-refractivity contribution in [3.63, 3.8) is 0 Å². The number of benzene rings is 1. The fourth-order valence-electron chi connectivity index (χ4n) is 3.36. The predicted octanol–water partition coefficient (Wildman–Crippen LogP) is 4.59. The average molecular weight is 423 g/mol. The zero-order valence-electron chi connectivity index (χ0n) is 17.5. The molecule has 4 aromatic heterocycles. The average Bonchev–Trinajstić information content (AvgIpc) is 3.43. The van der Waals surface area contributed by atoms with Crippen molar-refractivity contribution in [2.24, 2.45) is 10.2 Å². The number of aromatic nitrogens is 8. The SMILES string of the molecule is [C-]#[N+]c1c(C)nn(-c2ncccn2)c1/N=N/c1c(C)nn2nc(-c3ccccc3C)[nH]c12. The maximum Gasteiger partial charge on any atom is 0.255 e. The largest absolute Gasteiger partial charge is 0.319 e. The predicted molar refractivity (Wildman–Crippen MR) is 117 cm³/mol. The van der Waals surface area contributed by atoms with Gasteiger partial charge in [0.15, 0.2) is 23.0 Å². The molecule has 5 rings (SSSR count). The Kier molecular flexibility index (Phi) is 4.52. The number of nitrogens with one attached hydrogen (secondary N) is 1. The number of nitrogens with zero attached hydrogens (tertiary/aromatic N) is 10. The summed E-state index contributed by atoms with van der Waals surface area (Å²) in [5.41, 5.74) is 4.64. The van der Waals surface area contributed by atoms with Crippen LogP contribution in [0.3, 0.4) is 0 Å². The topological polar surface area (TPSA) is 119 Å². The summed E-state index contributed by atoms with van der Waals surface area (Å²) >= 11 is 0. The zero-order valence-corrected chi connectivity index (χ0v) is 17.5. The first-order valence-corrected chi connectivity index (χ1v) is 9.74. The number of aryl methyl sites for hydroxylation is 3. The second-order valence-electron chi connectivity index (χ2n) is 7.09. The van der Waals surface area contributed by atoms with Crippen LogP contribution in [0.1, 0.15) is 17.0 Å². The van der Waals surface area contributed by atoms with Gasteiger partial charge in [0.05, 0.1) is 18.0 Å². The van der Waals surface area contributed by atoms with E-state index in [9.17, 15) is 0 Å². The third-order valence-electron chi connectivity index (χ3n) is 4.95. The molecule has 0 amide bonds. The van der Waals surface area contributed by atoms with E-state index in [1.54, 1.807) is 25.4 Å². The minimum absolute atomic E-state index is 0.251. The smallest absolute Gasteiger partial charge is 0.255 e. The molecule has 0 unspecified atom stereocenters. The first-order valence-electron chi connectivity index (χ1n) is 9.74. The summed E-state index contributed by atoms with van der Waals surface area (Å²) in [5.74, 6) is 1.24. The number of hydrogen-bond acceptors (Lipinski definition) is 7. The summed E-state index contributed by atoms with van der Waals surface area (Å²) in [6, 6.07) is 9.65. The van der Waals surface area contributed by atoms with Gasteiger partial charge in [-0.3, -0.25) is 0 Å². The van der Waals surface area contributed by atoms with E-state index in [1.807, 2.05) is 38.1 Å². The minimum atomic E-state index is 0.251. The van der Waals surface area contributed by atoms with Crippen molar-refractivity contribution in [3.8, 4) is 17.3 Å². The van der Waals surface area contributed by atoms with Gasteiger partial charge in [-0.15, -0.1) is 20.0 Å². The van der Waals surface area contributed by atoms with Gasteiger partial charge in [0.1, 0.15) is 0 Å². The van der Waals surface area contributed by atoms with Gasteiger partial charge in [-0.2, -0.15) is 14.9 Å². The lowest BCUT2D eigenvalue weighted by Crippen LogP contribution is -2.01. The quantitative estimate of drug-likeness (QED) is 0.335. The van der Waals surface area contributed by atoms with Crippen molar-refractivity contribution in [2.75, 3.05) is 0 Å². The van der Waals surface area contributed by atoms with Crippen LogP contribution in [0.25, 0.3) is 27.8 Å². The van der Waals surface area contributed by atoms with Gasteiger partial charge in [0, 0.05) is 18.0 Å². The minimum Gasteiger partial charge on any atom is -0.319 e. The summed E-state index contributed by atoms with van der Waals surface area (Å²) in [4.78, 5) is 15.3. The van der Waals surface area contributed by atoms with Gasteiger partial charge < -0.3 is 4.98 Å². The van der Waals surface area contributed by atoms with E-state index in [-0.39, 0.29) is 11.5 Å². The van der Waals surface area contributed by atoms with Gasteiger partial charge in [0.2, 0.25) is 0 Å². The van der Waals surface area contributed by atoms with Crippen LogP contribution >= 0.6 is 0 Å². The van der Waals surface area contributed by atoms with E-state index in [2.05, 4.69) is 45.3 Å². The second-order valence-corrected chi connectivity index (χ2v) is 7.09. The molecule has 0 bridgehead atoms. The summed E-state index contributed by atoms with van der Waals surface area (Å²) in [7, 11) is 0. The normalized spacial score (nSPS) is 11.4. The molecule has 0 aliphatic rings. The van der Waals surface area contributed by atoms with Crippen LogP contribution in [-0.2, 0) is 0 Å². The van der Waals surface area contributed by atoms with Crippen LogP contribution in [0.2, 0.25) is 0 Å². The van der Waals surface area contributed by atoms with E-state index in [0.29, 0.717) is 34.5 Å². The molecule has 5 aromatic rings. The number of aromatic amines is 1. The van der Waals surface area contributed by atoms with Crippen LogP contribution in [-0.4, -0.2) is 39.6 Å². The highest BCUT2D eigenvalue weighted by atomic mass is 15.5. The third kappa shape index (κ3) is 3.10. The van der Waals surface area contributed by atoms with Gasteiger partial charge in [-0.25, -0.2) is 14.8 Å². The molecule has 156 valence electrons. The van der Waals surface area contributed by atoms with Crippen molar-refractivity contribution in [1.29, 1.82) is 0 Å². The van der Waals surface area contributed by atoms with Crippen molar-refractivity contribution in [1.82, 2.24) is 39.6 Å². The number of azo groups is 1. The molecule has 0 atom stereocenters. The van der Waals surface area contributed by atoms with Gasteiger partial charge in [0.25, 0.3) is 11.6 Å². The van der Waals surface area contributed by atoms with Crippen molar-refractivity contribution < 1.29 is 0 Å². The molecule has 1 aromatic carbocycles. The molecule has 1 N–H and O–H groups in total.